The number of piperidine rings is 1. The van der Waals surface area contributed by atoms with Gasteiger partial charge in [-0.15, -0.1) is 0 Å². The van der Waals surface area contributed by atoms with Gasteiger partial charge in [0, 0.05) is 18.7 Å². The predicted molar refractivity (Wildman–Crippen MR) is 68.2 cm³/mol. The van der Waals surface area contributed by atoms with E-state index in [9.17, 15) is 5.11 Å². The molecule has 1 heterocycles. The summed E-state index contributed by atoms with van der Waals surface area (Å²) in [4.78, 5) is 2.25. The fraction of sp³-hybridized carbons (Fsp3) is 0.571. The molecular formula is C14H21NO2. The van der Waals surface area contributed by atoms with Gasteiger partial charge in [-0.1, -0.05) is 18.2 Å². The maximum absolute atomic E-state index is 10.8. The summed E-state index contributed by atoms with van der Waals surface area (Å²) in [5.74, 6) is 0.821. The van der Waals surface area contributed by atoms with E-state index in [1.54, 1.807) is 0 Å². The van der Waals surface area contributed by atoms with E-state index in [4.69, 9.17) is 4.74 Å². The van der Waals surface area contributed by atoms with Gasteiger partial charge in [0.15, 0.2) is 0 Å². The van der Waals surface area contributed by atoms with Gasteiger partial charge in [0.05, 0.1) is 12.2 Å². The van der Waals surface area contributed by atoms with Crippen LogP contribution in [0.15, 0.2) is 24.3 Å². The van der Waals surface area contributed by atoms with Crippen LogP contribution in [0.25, 0.3) is 0 Å². The van der Waals surface area contributed by atoms with E-state index in [1.807, 2.05) is 31.2 Å². The van der Waals surface area contributed by atoms with Gasteiger partial charge in [-0.2, -0.15) is 0 Å². The van der Waals surface area contributed by atoms with Crippen molar-refractivity contribution in [3.05, 3.63) is 29.8 Å². The fourth-order valence-electron chi connectivity index (χ4n) is 2.39. The van der Waals surface area contributed by atoms with Crippen molar-refractivity contribution in [1.29, 1.82) is 0 Å². The van der Waals surface area contributed by atoms with Crippen molar-refractivity contribution in [3.63, 3.8) is 0 Å². The van der Waals surface area contributed by atoms with Gasteiger partial charge in [0.2, 0.25) is 0 Å². The third kappa shape index (κ3) is 2.61. The Morgan fingerprint density at radius 1 is 1.29 bits per heavy atom. The first-order valence-corrected chi connectivity index (χ1v) is 6.29. The van der Waals surface area contributed by atoms with Crippen LogP contribution in [0.4, 0.5) is 0 Å². The molecule has 3 heteroatoms. The molecule has 1 aromatic carbocycles. The highest BCUT2D eigenvalue weighted by Crippen LogP contribution is 2.37. The molecule has 1 aromatic rings. The van der Waals surface area contributed by atoms with Crippen LogP contribution in [0.3, 0.4) is 0 Å². The summed E-state index contributed by atoms with van der Waals surface area (Å²) in [5, 5.41) is 10.8. The molecule has 1 saturated heterocycles. The molecular weight excluding hydrogens is 214 g/mol. The van der Waals surface area contributed by atoms with Gasteiger partial charge < -0.3 is 14.7 Å². The van der Waals surface area contributed by atoms with Crippen molar-refractivity contribution < 1.29 is 9.84 Å². The highest BCUT2D eigenvalue weighted by atomic mass is 16.5. The molecule has 3 nitrogen and oxygen atoms in total. The molecule has 1 N–H and O–H groups in total. The molecule has 0 saturated carbocycles. The van der Waals surface area contributed by atoms with Gasteiger partial charge >= 0.3 is 0 Å². The number of para-hydroxylation sites is 1. The van der Waals surface area contributed by atoms with Crippen LogP contribution in [0.2, 0.25) is 0 Å². The first-order chi connectivity index (χ1) is 8.15. The number of ether oxygens (including phenoxy) is 1. The molecule has 17 heavy (non-hydrogen) atoms. The van der Waals surface area contributed by atoms with Crippen LogP contribution in [0, 0.1) is 0 Å². The van der Waals surface area contributed by atoms with E-state index in [1.165, 1.54) is 0 Å². The van der Waals surface area contributed by atoms with Crippen LogP contribution in [-0.4, -0.2) is 36.8 Å². The number of hydrogen-bond donors (Lipinski definition) is 1. The van der Waals surface area contributed by atoms with Gasteiger partial charge in [0.1, 0.15) is 5.75 Å². The number of hydrogen-bond acceptors (Lipinski definition) is 3. The van der Waals surface area contributed by atoms with Crippen molar-refractivity contribution in [2.45, 2.75) is 25.4 Å². The van der Waals surface area contributed by atoms with E-state index in [2.05, 4.69) is 11.9 Å². The summed E-state index contributed by atoms with van der Waals surface area (Å²) in [6, 6.07) is 7.84. The normalized spacial score (nSPS) is 20.2. The van der Waals surface area contributed by atoms with E-state index in [0.29, 0.717) is 6.61 Å². The second-order valence-electron chi connectivity index (χ2n) is 4.76. The van der Waals surface area contributed by atoms with Gasteiger partial charge in [-0.3, -0.25) is 0 Å². The summed E-state index contributed by atoms with van der Waals surface area (Å²) < 4.78 is 5.61. The fourth-order valence-corrected chi connectivity index (χ4v) is 2.39. The minimum atomic E-state index is -0.724. The van der Waals surface area contributed by atoms with E-state index < -0.39 is 5.60 Å². The zero-order chi connectivity index (χ0) is 12.3. The Balaban J connectivity index is 2.26. The zero-order valence-corrected chi connectivity index (χ0v) is 10.6. The summed E-state index contributed by atoms with van der Waals surface area (Å²) in [7, 11) is 2.09. The first-order valence-electron chi connectivity index (χ1n) is 6.29. The third-order valence-electron chi connectivity index (χ3n) is 3.50. The SMILES string of the molecule is CCOc1ccccc1C1(O)CCN(C)CC1. The van der Waals surface area contributed by atoms with Gasteiger partial charge in [-0.25, -0.2) is 0 Å². The van der Waals surface area contributed by atoms with E-state index in [0.717, 1.165) is 37.2 Å². The topological polar surface area (TPSA) is 32.7 Å². The zero-order valence-electron chi connectivity index (χ0n) is 10.6. The lowest BCUT2D eigenvalue weighted by Gasteiger charge is -2.37. The van der Waals surface area contributed by atoms with Crippen LogP contribution in [0.5, 0.6) is 5.75 Å². The first kappa shape index (κ1) is 12.4. The average Bonchev–Trinajstić information content (AvgIpc) is 2.34. The highest BCUT2D eigenvalue weighted by Gasteiger charge is 2.35. The molecule has 0 radical (unpaired) electrons. The van der Waals surface area contributed by atoms with Crippen LogP contribution >= 0.6 is 0 Å². The largest absolute Gasteiger partial charge is 0.493 e. The number of rotatable bonds is 3. The maximum atomic E-state index is 10.8. The molecule has 0 atom stereocenters. The van der Waals surface area contributed by atoms with E-state index >= 15 is 0 Å². The Morgan fingerprint density at radius 3 is 2.59 bits per heavy atom. The number of aliphatic hydroxyl groups is 1. The maximum Gasteiger partial charge on any atom is 0.125 e. The predicted octanol–water partition coefficient (Wildman–Crippen LogP) is 2.00. The molecule has 0 amide bonds. The lowest BCUT2D eigenvalue weighted by Crippen LogP contribution is -2.40. The second-order valence-corrected chi connectivity index (χ2v) is 4.76. The Hall–Kier alpha value is -1.06. The quantitative estimate of drug-likeness (QED) is 0.869. The van der Waals surface area contributed by atoms with Gasteiger partial charge in [-0.05, 0) is 32.9 Å². The van der Waals surface area contributed by atoms with Crippen LogP contribution in [0.1, 0.15) is 25.3 Å². The number of likely N-dealkylation sites (tertiary alicyclic amines) is 1. The molecule has 2 rings (SSSR count). The molecule has 1 aliphatic rings. The van der Waals surface area contributed by atoms with Crippen molar-refractivity contribution in [2.24, 2.45) is 0 Å². The monoisotopic (exact) mass is 235 g/mol. The summed E-state index contributed by atoms with van der Waals surface area (Å²) in [5.41, 5.74) is 0.216. The van der Waals surface area contributed by atoms with Crippen molar-refractivity contribution >= 4 is 0 Å². The Morgan fingerprint density at radius 2 is 1.94 bits per heavy atom. The Kier molecular flexibility index (Phi) is 3.69. The molecule has 0 aliphatic carbocycles. The van der Waals surface area contributed by atoms with Crippen LogP contribution < -0.4 is 4.74 Å². The van der Waals surface area contributed by atoms with Gasteiger partial charge in [0.25, 0.3) is 0 Å². The van der Waals surface area contributed by atoms with Crippen molar-refractivity contribution in [1.82, 2.24) is 4.90 Å². The minimum absolute atomic E-state index is 0.632. The molecule has 0 bridgehead atoms. The van der Waals surface area contributed by atoms with E-state index in [-0.39, 0.29) is 0 Å². The third-order valence-corrected chi connectivity index (χ3v) is 3.50. The molecule has 1 aliphatic heterocycles. The lowest BCUT2D eigenvalue weighted by molar-refractivity contribution is -0.0222. The average molecular weight is 235 g/mol. The molecule has 94 valence electrons. The standard InChI is InChI=1S/C14H21NO2/c1-3-17-13-7-5-4-6-12(13)14(16)8-10-15(2)11-9-14/h4-7,16H,3,8-11H2,1-2H3. The van der Waals surface area contributed by atoms with Crippen molar-refractivity contribution in [2.75, 3.05) is 26.7 Å². The highest BCUT2D eigenvalue weighted by molar-refractivity contribution is 5.38. The number of benzene rings is 1. The summed E-state index contributed by atoms with van der Waals surface area (Å²) >= 11 is 0. The molecule has 0 aromatic heterocycles. The van der Waals surface area contributed by atoms with Crippen molar-refractivity contribution in [3.8, 4) is 5.75 Å². The minimum Gasteiger partial charge on any atom is -0.493 e. The lowest BCUT2D eigenvalue weighted by atomic mass is 9.84. The second kappa shape index (κ2) is 5.07. The molecule has 0 unspecified atom stereocenters. The number of nitrogens with zero attached hydrogens (tertiary/aromatic N) is 1. The summed E-state index contributed by atoms with van der Waals surface area (Å²) in [6.45, 7) is 4.45. The molecule has 1 fully saturated rings. The summed E-state index contributed by atoms with van der Waals surface area (Å²) in [6.07, 6.45) is 1.54. The smallest absolute Gasteiger partial charge is 0.125 e. The Labute approximate surface area is 103 Å². The Bertz CT molecular complexity index is 370. The van der Waals surface area contributed by atoms with Crippen LogP contribution in [-0.2, 0) is 5.60 Å². The molecule has 0 spiro atoms.